The lowest BCUT2D eigenvalue weighted by Crippen LogP contribution is -2.51. The van der Waals surface area contributed by atoms with Crippen LogP contribution in [-0.2, 0) is 14.3 Å². The van der Waals surface area contributed by atoms with Gasteiger partial charge in [-0.3, -0.25) is 9.59 Å². The zero-order valence-corrected chi connectivity index (χ0v) is 19.7. The Morgan fingerprint density at radius 1 is 1.00 bits per heavy atom. The third-order valence-corrected chi connectivity index (χ3v) is 6.94. The van der Waals surface area contributed by atoms with Gasteiger partial charge in [0.1, 0.15) is 12.1 Å². The van der Waals surface area contributed by atoms with E-state index in [-0.39, 0.29) is 24.5 Å². The van der Waals surface area contributed by atoms with Gasteiger partial charge >= 0.3 is 12.1 Å². The van der Waals surface area contributed by atoms with Crippen LogP contribution in [0.25, 0.3) is 11.1 Å². The average Bonchev–Trinajstić information content (AvgIpc) is 3.53. The van der Waals surface area contributed by atoms with E-state index in [1.807, 2.05) is 31.2 Å². The quantitative estimate of drug-likeness (QED) is 0.482. The number of hydrogen-bond acceptors (Lipinski definition) is 4. The molecule has 0 bridgehead atoms. The predicted octanol–water partition coefficient (Wildman–Crippen LogP) is 4.45. The molecule has 2 aliphatic carbocycles. The maximum atomic E-state index is 12.8. The van der Waals surface area contributed by atoms with Crippen LogP contribution in [0.1, 0.15) is 63.0 Å². The first-order chi connectivity index (χ1) is 16.3. The Labute approximate surface area is 199 Å². The largest absolute Gasteiger partial charge is 0.481 e. The van der Waals surface area contributed by atoms with Crippen LogP contribution in [0, 0.1) is 5.92 Å². The number of carboxylic acid groups (broad SMARTS) is 1. The molecule has 2 aliphatic rings. The van der Waals surface area contributed by atoms with E-state index in [9.17, 15) is 14.4 Å². The van der Waals surface area contributed by atoms with Gasteiger partial charge in [0.25, 0.3) is 0 Å². The van der Waals surface area contributed by atoms with Gasteiger partial charge in [0.15, 0.2) is 0 Å². The van der Waals surface area contributed by atoms with Crippen LogP contribution in [0.3, 0.4) is 0 Å². The molecule has 4 rings (SSSR count). The van der Waals surface area contributed by atoms with Crippen LogP contribution in [0.2, 0.25) is 0 Å². The van der Waals surface area contributed by atoms with Crippen LogP contribution in [0.4, 0.5) is 4.79 Å². The van der Waals surface area contributed by atoms with E-state index >= 15 is 0 Å². The minimum atomic E-state index is -0.912. The van der Waals surface area contributed by atoms with Gasteiger partial charge in [0.2, 0.25) is 5.91 Å². The van der Waals surface area contributed by atoms with Gasteiger partial charge in [-0.15, -0.1) is 0 Å². The molecule has 2 amide bonds. The fourth-order valence-corrected chi connectivity index (χ4v) is 4.65. The van der Waals surface area contributed by atoms with E-state index in [1.54, 1.807) is 6.92 Å². The molecule has 0 aromatic heterocycles. The molecule has 1 fully saturated rings. The zero-order chi connectivity index (χ0) is 24.3. The highest BCUT2D eigenvalue weighted by Crippen LogP contribution is 2.44. The zero-order valence-electron chi connectivity index (χ0n) is 19.7. The molecular formula is C27H32N2O5. The van der Waals surface area contributed by atoms with Gasteiger partial charge in [-0.25, -0.2) is 4.79 Å². The number of carbonyl (C=O) groups is 3. The van der Waals surface area contributed by atoms with Crippen LogP contribution >= 0.6 is 0 Å². The molecule has 7 heteroatoms. The predicted molar refractivity (Wildman–Crippen MR) is 128 cm³/mol. The number of benzene rings is 2. The van der Waals surface area contributed by atoms with Crippen molar-refractivity contribution in [2.75, 3.05) is 6.61 Å². The topological polar surface area (TPSA) is 105 Å². The summed E-state index contributed by atoms with van der Waals surface area (Å²) < 4.78 is 5.60. The Bertz CT molecular complexity index is 1030. The molecule has 0 radical (unpaired) electrons. The number of hydrogen-bond donors (Lipinski definition) is 3. The Morgan fingerprint density at radius 3 is 2.15 bits per heavy atom. The number of rotatable bonds is 10. The van der Waals surface area contributed by atoms with E-state index in [2.05, 4.69) is 34.9 Å². The summed E-state index contributed by atoms with van der Waals surface area (Å²) in [6.45, 7) is 3.78. The maximum Gasteiger partial charge on any atom is 0.408 e. The van der Waals surface area contributed by atoms with Crippen molar-refractivity contribution >= 4 is 18.0 Å². The summed E-state index contributed by atoms with van der Waals surface area (Å²) in [4.78, 5) is 36.3. The summed E-state index contributed by atoms with van der Waals surface area (Å²) >= 11 is 0. The van der Waals surface area contributed by atoms with Crippen molar-refractivity contribution in [3.05, 3.63) is 59.7 Å². The Kier molecular flexibility index (Phi) is 6.91. The van der Waals surface area contributed by atoms with E-state index in [0.717, 1.165) is 22.3 Å². The van der Waals surface area contributed by atoms with Crippen molar-refractivity contribution in [2.45, 2.75) is 63.5 Å². The molecule has 2 aromatic carbocycles. The van der Waals surface area contributed by atoms with Gasteiger partial charge in [-0.1, -0.05) is 61.9 Å². The molecule has 180 valence electrons. The average molecular weight is 465 g/mol. The molecule has 0 aliphatic heterocycles. The number of ether oxygens (including phenoxy) is 1. The molecule has 0 spiro atoms. The minimum Gasteiger partial charge on any atom is -0.481 e. The Hall–Kier alpha value is -3.35. The molecule has 0 heterocycles. The lowest BCUT2D eigenvalue weighted by atomic mass is 9.98. The van der Waals surface area contributed by atoms with Crippen molar-refractivity contribution < 1.29 is 24.2 Å². The lowest BCUT2D eigenvalue weighted by molar-refractivity contribution is -0.141. The maximum absolute atomic E-state index is 12.8. The van der Waals surface area contributed by atoms with Crippen molar-refractivity contribution in [1.29, 1.82) is 0 Å². The van der Waals surface area contributed by atoms with Crippen molar-refractivity contribution in [1.82, 2.24) is 10.6 Å². The fourth-order valence-electron chi connectivity index (χ4n) is 4.65. The first-order valence-electron chi connectivity index (χ1n) is 12.0. The molecule has 7 nitrogen and oxygen atoms in total. The highest BCUT2D eigenvalue weighted by molar-refractivity contribution is 5.93. The van der Waals surface area contributed by atoms with Gasteiger partial charge in [-0.2, -0.15) is 0 Å². The number of aliphatic carboxylic acids is 1. The second kappa shape index (κ2) is 9.87. The molecule has 2 atom stereocenters. The molecular weight excluding hydrogens is 432 g/mol. The summed E-state index contributed by atoms with van der Waals surface area (Å²) in [7, 11) is 0. The monoisotopic (exact) mass is 464 g/mol. The first kappa shape index (κ1) is 23.8. The molecule has 3 N–H and O–H groups in total. The van der Waals surface area contributed by atoms with Gasteiger partial charge < -0.3 is 20.5 Å². The standard InChI is InChI=1S/C27H32N2O5/c1-17(24(30)31)8-7-9-18(2)28-25(32)27(14-15-27)29-26(33)34-16-23-21-12-5-3-10-19(21)20-11-4-6-13-22(20)23/h3-6,10-13,17-18,23H,7-9,14-16H2,1-2H3,(H,28,32)(H,29,33)(H,30,31). The molecule has 1 saturated carbocycles. The summed E-state index contributed by atoms with van der Waals surface area (Å²) in [5.74, 6) is -1.44. The highest BCUT2D eigenvalue weighted by Gasteiger charge is 2.52. The molecule has 2 unspecified atom stereocenters. The molecule has 2 aromatic rings. The lowest BCUT2D eigenvalue weighted by Gasteiger charge is -2.21. The van der Waals surface area contributed by atoms with E-state index < -0.39 is 23.5 Å². The van der Waals surface area contributed by atoms with Crippen molar-refractivity contribution in [3.8, 4) is 11.1 Å². The fraction of sp³-hybridized carbons (Fsp3) is 0.444. The van der Waals surface area contributed by atoms with Crippen LogP contribution in [0.5, 0.6) is 0 Å². The minimum absolute atomic E-state index is 0.0321. The number of nitrogens with one attached hydrogen (secondary N) is 2. The number of carbonyl (C=O) groups excluding carboxylic acids is 2. The first-order valence-corrected chi connectivity index (χ1v) is 12.0. The number of carboxylic acids is 1. The second-order valence-corrected chi connectivity index (χ2v) is 9.58. The van der Waals surface area contributed by atoms with Gasteiger partial charge in [-0.05, 0) is 54.9 Å². The Balaban J connectivity index is 1.28. The number of amides is 2. The second-order valence-electron chi connectivity index (χ2n) is 9.58. The van der Waals surface area contributed by atoms with Crippen LogP contribution in [0.15, 0.2) is 48.5 Å². The van der Waals surface area contributed by atoms with Crippen LogP contribution < -0.4 is 10.6 Å². The smallest absolute Gasteiger partial charge is 0.408 e. The van der Waals surface area contributed by atoms with Gasteiger partial charge in [0, 0.05) is 12.0 Å². The number of alkyl carbamates (subject to hydrolysis) is 1. The van der Waals surface area contributed by atoms with E-state index in [0.29, 0.717) is 32.1 Å². The summed E-state index contributed by atoms with van der Waals surface area (Å²) in [6, 6.07) is 16.2. The van der Waals surface area contributed by atoms with Gasteiger partial charge in [0.05, 0.1) is 5.92 Å². The third-order valence-electron chi connectivity index (χ3n) is 6.94. The normalized spacial score (nSPS) is 17.1. The molecule has 0 saturated heterocycles. The van der Waals surface area contributed by atoms with Crippen molar-refractivity contribution in [2.24, 2.45) is 5.92 Å². The summed E-state index contributed by atoms with van der Waals surface area (Å²) in [5.41, 5.74) is 3.70. The summed E-state index contributed by atoms with van der Waals surface area (Å²) in [5, 5.41) is 14.7. The molecule has 34 heavy (non-hydrogen) atoms. The summed E-state index contributed by atoms with van der Waals surface area (Å²) in [6.07, 6.45) is 2.53. The SMILES string of the molecule is CC(CCCC(C)C(=O)O)NC(=O)C1(NC(=O)OCC2c3ccccc3-c3ccccc32)CC1. The highest BCUT2D eigenvalue weighted by atomic mass is 16.5. The van der Waals surface area contributed by atoms with E-state index in [1.165, 1.54) is 0 Å². The van der Waals surface area contributed by atoms with E-state index in [4.69, 9.17) is 9.84 Å². The van der Waals surface area contributed by atoms with Crippen molar-refractivity contribution in [3.63, 3.8) is 0 Å². The Morgan fingerprint density at radius 2 is 1.59 bits per heavy atom. The number of fused-ring (bicyclic) bond motifs is 3. The third kappa shape index (κ3) is 5.08. The van der Waals surface area contributed by atoms with Crippen LogP contribution in [-0.4, -0.2) is 41.3 Å².